The van der Waals surface area contributed by atoms with E-state index in [1.807, 2.05) is 13.8 Å². The average Bonchev–Trinajstić information content (AvgIpc) is 2.38. The van der Waals surface area contributed by atoms with E-state index >= 15 is 0 Å². The predicted octanol–water partition coefficient (Wildman–Crippen LogP) is 0.207. The maximum Gasteiger partial charge on any atom is 0.328 e. The molecule has 6 nitrogen and oxygen atoms in total. The molecule has 0 radical (unpaired) electrons. The van der Waals surface area contributed by atoms with E-state index in [0.717, 1.165) is 0 Å². The number of aromatic nitrogens is 2. The Morgan fingerprint density at radius 2 is 2.06 bits per heavy atom. The van der Waals surface area contributed by atoms with Gasteiger partial charge < -0.3 is 5.11 Å². The molecule has 1 heterocycles. The summed E-state index contributed by atoms with van der Waals surface area (Å²) in [4.78, 5) is 25.0. The number of nitriles is 1. The molecule has 0 saturated heterocycles. The summed E-state index contributed by atoms with van der Waals surface area (Å²) in [5, 5.41) is 18.2. The number of aliphatic hydroxyl groups is 1. The monoisotopic (exact) mass is 251 g/mol. The zero-order chi connectivity index (χ0) is 13.8. The molecule has 1 aromatic rings. The van der Waals surface area contributed by atoms with Crippen molar-refractivity contribution >= 4 is 0 Å². The van der Waals surface area contributed by atoms with Crippen molar-refractivity contribution in [2.24, 2.45) is 5.41 Å². The summed E-state index contributed by atoms with van der Waals surface area (Å²) in [5.74, 6) is 0. The molecule has 0 amide bonds. The first kappa shape index (κ1) is 14.2. The maximum atomic E-state index is 11.7. The Kier molecular flexibility index (Phi) is 4.45. The van der Waals surface area contributed by atoms with E-state index in [4.69, 9.17) is 5.26 Å². The van der Waals surface area contributed by atoms with Gasteiger partial charge in [-0.1, -0.05) is 13.8 Å². The van der Waals surface area contributed by atoms with Crippen molar-refractivity contribution in [2.45, 2.75) is 33.2 Å². The van der Waals surface area contributed by atoms with Crippen LogP contribution in [0.15, 0.2) is 15.8 Å². The topological polar surface area (TPSA) is 98.9 Å². The van der Waals surface area contributed by atoms with Crippen LogP contribution in [-0.2, 0) is 6.54 Å². The first-order valence-corrected chi connectivity index (χ1v) is 5.86. The van der Waals surface area contributed by atoms with Crippen molar-refractivity contribution < 1.29 is 5.11 Å². The van der Waals surface area contributed by atoms with Crippen molar-refractivity contribution in [2.75, 3.05) is 6.61 Å². The van der Waals surface area contributed by atoms with Crippen molar-refractivity contribution in [1.82, 2.24) is 9.55 Å². The van der Waals surface area contributed by atoms with Gasteiger partial charge in [0.05, 0.1) is 6.61 Å². The molecular weight excluding hydrogens is 234 g/mol. The van der Waals surface area contributed by atoms with Gasteiger partial charge in [0.25, 0.3) is 5.56 Å². The molecule has 0 bridgehead atoms. The molecule has 6 heteroatoms. The SMILES string of the molecule is CCC(CC)(CO)Cn1cc(C#N)c(=O)[nH]c1=O. The van der Waals surface area contributed by atoms with Gasteiger partial charge in [0.1, 0.15) is 11.6 Å². The highest BCUT2D eigenvalue weighted by atomic mass is 16.3. The Morgan fingerprint density at radius 1 is 1.44 bits per heavy atom. The molecule has 2 N–H and O–H groups in total. The lowest BCUT2D eigenvalue weighted by Gasteiger charge is -2.29. The quantitative estimate of drug-likeness (QED) is 0.781. The van der Waals surface area contributed by atoms with Crippen LogP contribution in [0.5, 0.6) is 0 Å². The Morgan fingerprint density at radius 3 is 2.50 bits per heavy atom. The van der Waals surface area contributed by atoms with E-state index in [-0.39, 0.29) is 18.7 Å². The minimum absolute atomic E-state index is 0.0482. The van der Waals surface area contributed by atoms with E-state index in [0.29, 0.717) is 12.8 Å². The number of aromatic amines is 1. The third-order valence-corrected chi connectivity index (χ3v) is 3.47. The number of rotatable bonds is 5. The van der Waals surface area contributed by atoms with Crippen LogP contribution < -0.4 is 11.2 Å². The molecule has 0 aliphatic rings. The lowest BCUT2D eigenvalue weighted by Crippen LogP contribution is -2.38. The highest BCUT2D eigenvalue weighted by molar-refractivity contribution is 5.21. The first-order chi connectivity index (χ1) is 8.51. The van der Waals surface area contributed by atoms with Crippen LogP contribution in [0.4, 0.5) is 0 Å². The summed E-state index contributed by atoms with van der Waals surface area (Å²) in [5.41, 5.74) is -1.75. The molecule has 0 aliphatic heterocycles. The number of hydrogen-bond donors (Lipinski definition) is 2. The molecule has 0 aromatic carbocycles. The van der Waals surface area contributed by atoms with Gasteiger partial charge in [-0.05, 0) is 12.8 Å². The fourth-order valence-electron chi connectivity index (χ4n) is 1.82. The molecule has 1 aromatic heterocycles. The lowest BCUT2D eigenvalue weighted by molar-refractivity contribution is 0.0941. The van der Waals surface area contributed by atoms with Crippen molar-refractivity contribution in [3.05, 3.63) is 32.6 Å². The molecule has 18 heavy (non-hydrogen) atoms. The first-order valence-electron chi connectivity index (χ1n) is 5.86. The van der Waals surface area contributed by atoms with E-state index in [1.54, 1.807) is 6.07 Å². The van der Waals surface area contributed by atoms with Crippen LogP contribution in [0.3, 0.4) is 0 Å². The Hall–Kier alpha value is -1.87. The van der Waals surface area contributed by atoms with Gasteiger partial charge >= 0.3 is 5.69 Å². The number of nitrogens with one attached hydrogen (secondary N) is 1. The molecule has 0 aliphatic carbocycles. The zero-order valence-corrected chi connectivity index (χ0v) is 10.6. The number of H-pyrrole nitrogens is 1. The van der Waals surface area contributed by atoms with Gasteiger partial charge in [-0.25, -0.2) is 4.79 Å². The normalized spacial score (nSPS) is 11.2. The number of hydrogen-bond acceptors (Lipinski definition) is 4. The minimum Gasteiger partial charge on any atom is -0.396 e. The standard InChI is InChI=1S/C12H17N3O3/c1-3-12(4-2,8-16)7-15-6-9(5-13)10(17)14-11(15)18/h6,16H,3-4,7-8H2,1-2H3,(H,14,17,18). The fourth-order valence-corrected chi connectivity index (χ4v) is 1.82. The van der Waals surface area contributed by atoms with Gasteiger partial charge in [-0.2, -0.15) is 5.26 Å². The van der Waals surface area contributed by atoms with Gasteiger partial charge in [0.15, 0.2) is 0 Å². The van der Waals surface area contributed by atoms with Crippen LogP contribution in [0.1, 0.15) is 32.3 Å². The minimum atomic E-state index is -0.679. The summed E-state index contributed by atoms with van der Waals surface area (Å²) in [6.07, 6.45) is 2.65. The molecule has 0 spiro atoms. The second-order valence-corrected chi connectivity index (χ2v) is 4.41. The second-order valence-electron chi connectivity index (χ2n) is 4.41. The highest BCUT2D eigenvalue weighted by Gasteiger charge is 2.26. The molecule has 0 atom stereocenters. The number of nitrogens with zero attached hydrogens (tertiary/aromatic N) is 2. The second kappa shape index (κ2) is 5.65. The molecule has 1 rings (SSSR count). The van der Waals surface area contributed by atoms with Crippen LogP contribution in [0.2, 0.25) is 0 Å². The lowest BCUT2D eigenvalue weighted by atomic mass is 9.83. The Balaban J connectivity index is 3.23. The Bertz CT molecular complexity index is 553. The molecule has 0 unspecified atom stereocenters. The molecule has 0 saturated carbocycles. The van der Waals surface area contributed by atoms with E-state index in [1.165, 1.54) is 10.8 Å². The van der Waals surface area contributed by atoms with Crippen LogP contribution >= 0.6 is 0 Å². The summed E-state index contributed by atoms with van der Waals surface area (Å²) in [6, 6.07) is 1.74. The van der Waals surface area contributed by atoms with Gasteiger partial charge in [-0.3, -0.25) is 14.3 Å². The smallest absolute Gasteiger partial charge is 0.328 e. The van der Waals surface area contributed by atoms with E-state index in [2.05, 4.69) is 4.98 Å². The van der Waals surface area contributed by atoms with Crippen molar-refractivity contribution in [3.8, 4) is 6.07 Å². The van der Waals surface area contributed by atoms with E-state index in [9.17, 15) is 14.7 Å². The molecule has 0 fully saturated rings. The largest absolute Gasteiger partial charge is 0.396 e. The summed E-state index contributed by atoms with van der Waals surface area (Å²) < 4.78 is 1.28. The van der Waals surface area contributed by atoms with Gasteiger partial charge in [0, 0.05) is 18.2 Å². The van der Waals surface area contributed by atoms with Crippen molar-refractivity contribution in [1.29, 1.82) is 5.26 Å². The summed E-state index contributed by atoms with van der Waals surface area (Å²) in [6.45, 7) is 4.09. The fraction of sp³-hybridized carbons (Fsp3) is 0.583. The maximum absolute atomic E-state index is 11.7. The summed E-state index contributed by atoms with van der Waals surface area (Å²) >= 11 is 0. The van der Waals surface area contributed by atoms with Crippen molar-refractivity contribution in [3.63, 3.8) is 0 Å². The summed E-state index contributed by atoms with van der Waals surface area (Å²) in [7, 11) is 0. The molecule has 98 valence electrons. The Labute approximate surface area is 105 Å². The predicted molar refractivity (Wildman–Crippen MR) is 66.1 cm³/mol. The average molecular weight is 251 g/mol. The van der Waals surface area contributed by atoms with Gasteiger partial charge in [0.2, 0.25) is 0 Å². The zero-order valence-electron chi connectivity index (χ0n) is 10.6. The number of aliphatic hydroxyl groups excluding tert-OH is 1. The van der Waals surface area contributed by atoms with Gasteiger partial charge in [-0.15, -0.1) is 0 Å². The van der Waals surface area contributed by atoms with Crippen LogP contribution in [-0.4, -0.2) is 21.3 Å². The van der Waals surface area contributed by atoms with Crippen LogP contribution in [0.25, 0.3) is 0 Å². The van der Waals surface area contributed by atoms with Crippen LogP contribution in [0, 0.1) is 16.7 Å². The molecular formula is C12H17N3O3. The third-order valence-electron chi connectivity index (χ3n) is 3.47. The highest BCUT2D eigenvalue weighted by Crippen LogP contribution is 2.27. The van der Waals surface area contributed by atoms with E-state index < -0.39 is 16.7 Å². The third kappa shape index (κ3) is 2.68.